The molecule has 3 heteroatoms. The molecule has 47 valence electrons. The van der Waals surface area contributed by atoms with Gasteiger partial charge in [0.25, 0.3) is 0 Å². The molecule has 0 atom stereocenters. The van der Waals surface area contributed by atoms with Gasteiger partial charge in [-0.25, -0.2) is 0 Å². The highest BCUT2D eigenvalue weighted by Gasteiger charge is 1.91. The smallest absolute Gasteiger partial charge is 0.217 e. The fourth-order valence-electron chi connectivity index (χ4n) is 0.319. The van der Waals surface area contributed by atoms with Crippen molar-refractivity contribution in [3.63, 3.8) is 0 Å². The van der Waals surface area contributed by atoms with Crippen LogP contribution in [0.5, 0.6) is 0 Å². The monoisotopic (exact) mass is 116 g/mol. The van der Waals surface area contributed by atoms with Gasteiger partial charge in [-0.1, -0.05) is 0 Å². The van der Waals surface area contributed by atoms with Crippen LogP contribution in [0.15, 0.2) is 0 Å². The predicted molar refractivity (Wildman–Crippen MR) is 30.0 cm³/mol. The molecule has 0 saturated carbocycles. The summed E-state index contributed by atoms with van der Waals surface area (Å²) in [7, 11) is 1.57. The zero-order chi connectivity index (χ0) is 6.41. The lowest BCUT2D eigenvalue weighted by molar-refractivity contribution is -0.117. The molecule has 0 bridgehead atoms. The number of ether oxygens (including phenoxy) is 1. The molecular formula is C5H10NO2. The maximum absolute atomic E-state index is 10.0. The maximum Gasteiger partial charge on any atom is 0.217 e. The second-order valence-electron chi connectivity index (χ2n) is 1.41. The summed E-state index contributed by atoms with van der Waals surface area (Å²) in [6, 6.07) is 0. The van der Waals surface area contributed by atoms with Crippen LogP contribution in [0.4, 0.5) is 0 Å². The van der Waals surface area contributed by atoms with Crippen molar-refractivity contribution in [3.05, 3.63) is 6.42 Å². The summed E-state index contributed by atoms with van der Waals surface area (Å²) in [6.45, 7) is 0.489. The van der Waals surface area contributed by atoms with E-state index in [1.165, 1.54) is 0 Å². The lowest BCUT2D eigenvalue weighted by atomic mass is 10.3. The molecule has 8 heavy (non-hydrogen) atoms. The Labute approximate surface area is 48.8 Å². The molecule has 2 N–H and O–H groups in total. The Balaban J connectivity index is 2.82. The first-order chi connectivity index (χ1) is 3.77. The molecule has 1 amide bonds. The third-order valence-electron chi connectivity index (χ3n) is 0.630. The summed E-state index contributed by atoms with van der Waals surface area (Å²) in [5, 5.41) is 0. The van der Waals surface area contributed by atoms with E-state index in [2.05, 4.69) is 4.74 Å². The molecule has 0 spiro atoms. The second-order valence-corrected chi connectivity index (χ2v) is 1.41. The van der Waals surface area contributed by atoms with Gasteiger partial charge >= 0.3 is 0 Å². The fraction of sp³-hybridized carbons (Fsp3) is 0.600. The van der Waals surface area contributed by atoms with Crippen LogP contribution in [-0.4, -0.2) is 19.6 Å². The minimum atomic E-state index is -0.318. The highest BCUT2D eigenvalue weighted by atomic mass is 16.5. The summed E-state index contributed by atoms with van der Waals surface area (Å²) in [5.41, 5.74) is 4.81. The van der Waals surface area contributed by atoms with Crippen LogP contribution in [0, 0.1) is 6.42 Å². The number of amides is 1. The average molecular weight is 116 g/mol. The summed E-state index contributed by atoms with van der Waals surface area (Å²) in [4.78, 5) is 10.0. The molecule has 0 aliphatic rings. The molecular weight excluding hydrogens is 106 g/mol. The van der Waals surface area contributed by atoms with Crippen LogP contribution in [0.3, 0.4) is 0 Å². The van der Waals surface area contributed by atoms with E-state index in [0.717, 1.165) is 0 Å². The van der Waals surface area contributed by atoms with Gasteiger partial charge in [0, 0.05) is 20.1 Å². The molecule has 0 saturated heterocycles. The predicted octanol–water partition coefficient (Wildman–Crippen LogP) is -0.288. The summed E-state index contributed by atoms with van der Waals surface area (Å²) < 4.78 is 4.63. The van der Waals surface area contributed by atoms with Gasteiger partial charge < -0.3 is 10.5 Å². The van der Waals surface area contributed by atoms with Gasteiger partial charge in [0.2, 0.25) is 5.91 Å². The summed E-state index contributed by atoms with van der Waals surface area (Å²) in [6.07, 6.45) is 1.98. The van der Waals surface area contributed by atoms with Crippen molar-refractivity contribution in [3.8, 4) is 0 Å². The standard InChI is InChI=1S/C5H10NO2/c1-8-4-2-3-5(6)7/h2H,3-4H2,1H3,(H2,6,7). The number of carbonyl (C=O) groups excluding carboxylic acids is 1. The van der Waals surface area contributed by atoms with E-state index in [-0.39, 0.29) is 5.91 Å². The Morgan fingerprint density at radius 1 is 1.88 bits per heavy atom. The number of hydrogen-bond donors (Lipinski definition) is 1. The molecule has 0 aromatic rings. The van der Waals surface area contributed by atoms with E-state index >= 15 is 0 Å². The lowest BCUT2D eigenvalue weighted by Gasteiger charge is -1.92. The van der Waals surface area contributed by atoms with Crippen LogP contribution in [0.1, 0.15) is 6.42 Å². The van der Waals surface area contributed by atoms with Gasteiger partial charge in [-0.2, -0.15) is 0 Å². The number of methoxy groups -OCH3 is 1. The van der Waals surface area contributed by atoms with Crippen molar-refractivity contribution in [2.24, 2.45) is 5.73 Å². The first-order valence-electron chi connectivity index (χ1n) is 2.36. The lowest BCUT2D eigenvalue weighted by Crippen LogP contribution is -2.11. The highest BCUT2D eigenvalue weighted by Crippen LogP contribution is 1.83. The topological polar surface area (TPSA) is 52.3 Å². The SMILES string of the molecule is COC[CH]CC(N)=O. The number of hydrogen-bond acceptors (Lipinski definition) is 2. The van der Waals surface area contributed by atoms with E-state index in [1.54, 1.807) is 13.5 Å². The third kappa shape index (κ3) is 5.43. The van der Waals surface area contributed by atoms with Gasteiger partial charge in [0.15, 0.2) is 0 Å². The van der Waals surface area contributed by atoms with E-state index in [9.17, 15) is 4.79 Å². The van der Waals surface area contributed by atoms with Crippen LogP contribution in [0.2, 0.25) is 0 Å². The maximum atomic E-state index is 10.0. The van der Waals surface area contributed by atoms with Crippen LogP contribution < -0.4 is 5.73 Å². The van der Waals surface area contributed by atoms with Gasteiger partial charge in [0.05, 0.1) is 0 Å². The van der Waals surface area contributed by atoms with Crippen LogP contribution >= 0.6 is 0 Å². The number of rotatable bonds is 4. The Morgan fingerprint density at radius 3 is 2.88 bits per heavy atom. The zero-order valence-corrected chi connectivity index (χ0v) is 4.89. The molecule has 0 aromatic carbocycles. The molecule has 3 nitrogen and oxygen atoms in total. The van der Waals surface area contributed by atoms with Crippen molar-refractivity contribution >= 4 is 5.91 Å². The number of carbonyl (C=O) groups is 1. The quantitative estimate of drug-likeness (QED) is 0.513. The van der Waals surface area contributed by atoms with E-state index in [1.807, 2.05) is 0 Å². The zero-order valence-electron chi connectivity index (χ0n) is 4.89. The average Bonchev–Trinajstić information content (AvgIpc) is 1.66. The normalized spacial score (nSPS) is 9.12. The van der Waals surface area contributed by atoms with Gasteiger partial charge in [-0.05, 0) is 6.42 Å². The van der Waals surface area contributed by atoms with Crippen molar-refractivity contribution in [1.29, 1.82) is 0 Å². The number of primary amides is 1. The van der Waals surface area contributed by atoms with E-state index in [0.29, 0.717) is 13.0 Å². The molecule has 0 aliphatic carbocycles. The van der Waals surface area contributed by atoms with Gasteiger partial charge in [0.1, 0.15) is 0 Å². The van der Waals surface area contributed by atoms with Crippen molar-refractivity contribution < 1.29 is 9.53 Å². The van der Waals surface area contributed by atoms with Crippen LogP contribution in [0.25, 0.3) is 0 Å². The minimum absolute atomic E-state index is 0.299. The van der Waals surface area contributed by atoms with Gasteiger partial charge in [-0.3, -0.25) is 4.79 Å². The summed E-state index contributed by atoms with van der Waals surface area (Å²) in [5.74, 6) is -0.318. The number of nitrogens with two attached hydrogens (primary N) is 1. The van der Waals surface area contributed by atoms with Crippen molar-refractivity contribution in [2.75, 3.05) is 13.7 Å². The highest BCUT2D eigenvalue weighted by molar-refractivity contribution is 5.74. The first-order valence-corrected chi connectivity index (χ1v) is 2.36. The van der Waals surface area contributed by atoms with Crippen molar-refractivity contribution in [1.82, 2.24) is 0 Å². The first kappa shape index (κ1) is 7.43. The van der Waals surface area contributed by atoms with E-state index in [4.69, 9.17) is 5.73 Å². The molecule has 0 aromatic heterocycles. The summed E-state index contributed by atoms with van der Waals surface area (Å²) >= 11 is 0. The largest absolute Gasteiger partial charge is 0.384 e. The fourth-order valence-corrected chi connectivity index (χ4v) is 0.319. The van der Waals surface area contributed by atoms with E-state index < -0.39 is 0 Å². The third-order valence-corrected chi connectivity index (χ3v) is 0.630. The Kier molecular flexibility index (Phi) is 4.26. The Morgan fingerprint density at radius 2 is 2.50 bits per heavy atom. The molecule has 0 heterocycles. The molecule has 0 aliphatic heterocycles. The van der Waals surface area contributed by atoms with Gasteiger partial charge in [-0.15, -0.1) is 0 Å². The molecule has 1 radical (unpaired) electrons. The second kappa shape index (κ2) is 4.59. The Bertz CT molecular complexity index is 72.8. The Hall–Kier alpha value is -0.570. The molecule has 0 unspecified atom stereocenters. The molecule has 0 rings (SSSR count). The van der Waals surface area contributed by atoms with Crippen LogP contribution in [-0.2, 0) is 9.53 Å². The minimum Gasteiger partial charge on any atom is -0.384 e. The molecule has 0 fully saturated rings. The van der Waals surface area contributed by atoms with Crippen molar-refractivity contribution in [2.45, 2.75) is 6.42 Å².